The van der Waals surface area contributed by atoms with Crippen molar-refractivity contribution in [1.82, 2.24) is 0 Å². The van der Waals surface area contributed by atoms with Gasteiger partial charge in [-0.2, -0.15) is 0 Å². The third kappa shape index (κ3) is 2.29. The van der Waals surface area contributed by atoms with E-state index in [1.807, 2.05) is 43.3 Å². The first-order chi connectivity index (χ1) is 9.65. The SMILES string of the molecule is Cc1ccc(CC2CC(=O)c3ccccc3C2=O)cc1. The predicted molar refractivity (Wildman–Crippen MR) is 78.1 cm³/mol. The molecule has 2 nitrogen and oxygen atoms in total. The van der Waals surface area contributed by atoms with Gasteiger partial charge in [-0.1, -0.05) is 54.1 Å². The lowest BCUT2D eigenvalue weighted by molar-refractivity contribution is 0.0823. The van der Waals surface area contributed by atoms with Crippen LogP contribution in [-0.4, -0.2) is 11.6 Å². The average molecular weight is 264 g/mol. The zero-order valence-electron chi connectivity index (χ0n) is 11.4. The molecule has 0 spiro atoms. The van der Waals surface area contributed by atoms with Crippen LogP contribution in [0.3, 0.4) is 0 Å². The fourth-order valence-electron chi connectivity index (χ4n) is 2.76. The van der Waals surface area contributed by atoms with Crippen LogP contribution in [0.5, 0.6) is 0 Å². The first-order valence-electron chi connectivity index (χ1n) is 6.87. The fourth-order valence-corrected chi connectivity index (χ4v) is 2.76. The summed E-state index contributed by atoms with van der Waals surface area (Å²) in [7, 11) is 0. The number of carbonyl (C=O) groups excluding carboxylic acids is 2. The summed E-state index contributed by atoms with van der Waals surface area (Å²) in [6.07, 6.45) is 0.961. The second-order valence-electron chi connectivity index (χ2n) is 5.42. The number of fused-ring (bicyclic) bond motifs is 1. The van der Waals surface area contributed by atoms with Crippen molar-refractivity contribution in [3.63, 3.8) is 0 Å². The van der Waals surface area contributed by atoms with Gasteiger partial charge in [-0.3, -0.25) is 9.59 Å². The third-order valence-electron chi connectivity index (χ3n) is 3.90. The maximum atomic E-state index is 12.5. The fraction of sp³-hybridized carbons (Fsp3) is 0.222. The van der Waals surface area contributed by atoms with E-state index in [0.717, 1.165) is 5.56 Å². The van der Waals surface area contributed by atoms with Crippen molar-refractivity contribution in [3.05, 3.63) is 70.8 Å². The molecule has 1 unspecified atom stereocenters. The maximum absolute atomic E-state index is 12.5. The lowest BCUT2D eigenvalue weighted by Gasteiger charge is -2.22. The average Bonchev–Trinajstić information content (AvgIpc) is 2.47. The highest BCUT2D eigenvalue weighted by atomic mass is 16.1. The number of hydrogen-bond donors (Lipinski definition) is 0. The minimum Gasteiger partial charge on any atom is -0.294 e. The Bertz CT molecular complexity index is 668. The monoisotopic (exact) mass is 264 g/mol. The molecule has 1 aliphatic carbocycles. The molecule has 0 aromatic heterocycles. The molecular weight excluding hydrogens is 248 g/mol. The molecule has 2 aromatic rings. The van der Waals surface area contributed by atoms with Crippen molar-refractivity contribution in [2.24, 2.45) is 5.92 Å². The van der Waals surface area contributed by atoms with Crippen LogP contribution in [0, 0.1) is 12.8 Å². The van der Waals surface area contributed by atoms with E-state index in [1.54, 1.807) is 12.1 Å². The van der Waals surface area contributed by atoms with Crippen molar-refractivity contribution in [2.75, 3.05) is 0 Å². The molecule has 1 aliphatic rings. The van der Waals surface area contributed by atoms with Crippen LogP contribution in [-0.2, 0) is 6.42 Å². The van der Waals surface area contributed by atoms with Gasteiger partial charge in [0.2, 0.25) is 0 Å². The summed E-state index contributed by atoms with van der Waals surface area (Å²) in [5, 5.41) is 0. The van der Waals surface area contributed by atoms with E-state index < -0.39 is 0 Å². The normalized spacial score (nSPS) is 17.9. The number of hydrogen-bond acceptors (Lipinski definition) is 2. The Morgan fingerprint density at radius 2 is 1.60 bits per heavy atom. The molecule has 20 heavy (non-hydrogen) atoms. The predicted octanol–water partition coefficient (Wildman–Crippen LogP) is 3.62. The molecule has 0 amide bonds. The highest BCUT2D eigenvalue weighted by molar-refractivity contribution is 6.14. The lowest BCUT2D eigenvalue weighted by Crippen LogP contribution is -2.28. The van der Waals surface area contributed by atoms with Gasteiger partial charge in [0.1, 0.15) is 0 Å². The molecule has 3 rings (SSSR count). The first kappa shape index (κ1) is 12.8. The van der Waals surface area contributed by atoms with Crippen LogP contribution in [0.4, 0.5) is 0 Å². The quantitative estimate of drug-likeness (QED) is 0.830. The first-order valence-corrected chi connectivity index (χ1v) is 6.87. The Kier molecular flexibility index (Phi) is 3.23. The summed E-state index contributed by atoms with van der Waals surface area (Å²) in [4.78, 5) is 24.6. The van der Waals surface area contributed by atoms with Gasteiger partial charge in [0.05, 0.1) is 0 Å². The van der Waals surface area contributed by atoms with Crippen LogP contribution in [0.1, 0.15) is 38.3 Å². The van der Waals surface area contributed by atoms with Crippen LogP contribution in [0.2, 0.25) is 0 Å². The zero-order chi connectivity index (χ0) is 14.1. The van der Waals surface area contributed by atoms with Gasteiger partial charge in [-0.15, -0.1) is 0 Å². The van der Waals surface area contributed by atoms with E-state index in [0.29, 0.717) is 24.0 Å². The molecule has 0 saturated heterocycles. The van der Waals surface area contributed by atoms with Gasteiger partial charge in [0.25, 0.3) is 0 Å². The minimum atomic E-state index is -0.222. The van der Waals surface area contributed by atoms with Crippen LogP contribution >= 0.6 is 0 Å². The van der Waals surface area contributed by atoms with Gasteiger partial charge in [-0.25, -0.2) is 0 Å². The Morgan fingerprint density at radius 3 is 2.30 bits per heavy atom. The molecule has 0 bridgehead atoms. The zero-order valence-corrected chi connectivity index (χ0v) is 11.4. The second kappa shape index (κ2) is 5.04. The lowest BCUT2D eigenvalue weighted by atomic mass is 9.79. The highest BCUT2D eigenvalue weighted by Crippen LogP contribution is 2.28. The number of ketones is 2. The summed E-state index contributed by atoms with van der Waals surface area (Å²) in [5.41, 5.74) is 3.48. The molecular formula is C18H16O2. The number of rotatable bonds is 2. The van der Waals surface area contributed by atoms with E-state index in [1.165, 1.54) is 5.56 Å². The Balaban J connectivity index is 1.88. The summed E-state index contributed by atoms with van der Waals surface area (Å²) in [6.45, 7) is 2.04. The number of Topliss-reactive ketones (excluding diaryl/α,β-unsaturated/α-hetero) is 2. The molecule has 2 heteroatoms. The standard InChI is InChI=1S/C18H16O2/c1-12-6-8-13(9-7-12)10-14-11-17(19)15-4-2-3-5-16(15)18(14)20/h2-9,14H,10-11H2,1H3. The van der Waals surface area contributed by atoms with Crippen molar-refractivity contribution in [2.45, 2.75) is 19.8 Å². The molecule has 0 radical (unpaired) electrons. The number of aryl methyl sites for hydroxylation is 1. The summed E-state index contributed by atoms with van der Waals surface area (Å²) in [5.74, 6) is -0.0433. The molecule has 0 saturated carbocycles. The van der Waals surface area contributed by atoms with E-state index in [9.17, 15) is 9.59 Å². The van der Waals surface area contributed by atoms with Gasteiger partial charge in [0, 0.05) is 23.5 Å². The van der Waals surface area contributed by atoms with E-state index in [-0.39, 0.29) is 17.5 Å². The minimum absolute atomic E-state index is 0.0808. The van der Waals surface area contributed by atoms with Crippen LogP contribution in [0.25, 0.3) is 0 Å². The summed E-state index contributed by atoms with van der Waals surface area (Å²) >= 11 is 0. The molecule has 1 atom stereocenters. The van der Waals surface area contributed by atoms with Gasteiger partial charge in [-0.05, 0) is 18.9 Å². The number of benzene rings is 2. The summed E-state index contributed by atoms with van der Waals surface area (Å²) < 4.78 is 0. The van der Waals surface area contributed by atoms with Crippen molar-refractivity contribution in [1.29, 1.82) is 0 Å². The van der Waals surface area contributed by atoms with Crippen LogP contribution < -0.4 is 0 Å². The van der Waals surface area contributed by atoms with Gasteiger partial charge in [0.15, 0.2) is 11.6 Å². The van der Waals surface area contributed by atoms with Crippen molar-refractivity contribution < 1.29 is 9.59 Å². The number of carbonyl (C=O) groups is 2. The Labute approximate surface area is 118 Å². The van der Waals surface area contributed by atoms with Crippen molar-refractivity contribution >= 4 is 11.6 Å². The maximum Gasteiger partial charge on any atom is 0.167 e. The molecule has 0 aliphatic heterocycles. The molecule has 2 aromatic carbocycles. The van der Waals surface area contributed by atoms with E-state index in [2.05, 4.69) is 0 Å². The second-order valence-corrected chi connectivity index (χ2v) is 5.42. The smallest absolute Gasteiger partial charge is 0.167 e. The van der Waals surface area contributed by atoms with Gasteiger partial charge >= 0.3 is 0 Å². The van der Waals surface area contributed by atoms with E-state index in [4.69, 9.17) is 0 Å². The molecule has 0 heterocycles. The van der Waals surface area contributed by atoms with Crippen LogP contribution in [0.15, 0.2) is 48.5 Å². The Morgan fingerprint density at radius 1 is 0.950 bits per heavy atom. The Hall–Kier alpha value is -2.22. The van der Waals surface area contributed by atoms with E-state index >= 15 is 0 Å². The molecule has 100 valence electrons. The van der Waals surface area contributed by atoms with Crippen molar-refractivity contribution in [3.8, 4) is 0 Å². The third-order valence-corrected chi connectivity index (χ3v) is 3.90. The topological polar surface area (TPSA) is 34.1 Å². The summed E-state index contributed by atoms with van der Waals surface area (Å²) in [6, 6.07) is 15.3. The van der Waals surface area contributed by atoms with Gasteiger partial charge < -0.3 is 0 Å². The highest BCUT2D eigenvalue weighted by Gasteiger charge is 2.31. The molecule has 0 N–H and O–H groups in total. The largest absolute Gasteiger partial charge is 0.294 e. The molecule has 0 fully saturated rings.